The first kappa shape index (κ1) is 19.2. The van der Waals surface area contributed by atoms with Crippen molar-refractivity contribution < 1.29 is 9.59 Å². The largest absolute Gasteiger partial charge is 0.350 e. The van der Waals surface area contributed by atoms with Gasteiger partial charge in [0.05, 0.1) is 16.0 Å². The van der Waals surface area contributed by atoms with Crippen LogP contribution in [0.3, 0.4) is 0 Å². The lowest BCUT2D eigenvalue weighted by Crippen LogP contribution is -2.48. The van der Waals surface area contributed by atoms with Gasteiger partial charge in [-0.2, -0.15) is 0 Å². The highest BCUT2D eigenvalue weighted by Gasteiger charge is 2.15. The maximum atomic E-state index is 12.2. The van der Waals surface area contributed by atoms with E-state index in [0.29, 0.717) is 5.13 Å². The van der Waals surface area contributed by atoms with Gasteiger partial charge in [-0.05, 0) is 37.6 Å². The number of nitrogens with one attached hydrogen (secondary N) is 3. The number of anilines is 1. The van der Waals surface area contributed by atoms with E-state index in [9.17, 15) is 9.59 Å². The Labute approximate surface area is 165 Å². The lowest BCUT2D eigenvalue weighted by molar-refractivity contribution is -0.127. The number of thiazole rings is 1. The Bertz CT molecular complexity index is 925. The van der Waals surface area contributed by atoms with Crippen molar-refractivity contribution in [3.05, 3.63) is 54.1 Å². The molecule has 0 fully saturated rings. The van der Waals surface area contributed by atoms with Gasteiger partial charge in [0.1, 0.15) is 6.04 Å². The minimum absolute atomic E-state index is 0.227. The number of benzene rings is 2. The molecule has 3 aromatic rings. The Morgan fingerprint density at radius 2 is 1.85 bits per heavy atom. The second-order valence-corrected chi connectivity index (χ2v) is 7.99. The summed E-state index contributed by atoms with van der Waals surface area (Å²) in [5, 5.41) is 3.73. The van der Waals surface area contributed by atoms with Gasteiger partial charge in [-0.1, -0.05) is 41.7 Å². The van der Waals surface area contributed by atoms with E-state index in [0.717, 1.165) is 20.7 Å². The lowest BCUT2D eigenvalue weighted by Gasteiger charge is -2.14. The molecule has 1 aromatic heterocycles. The summed E-state index contributed by atoms with van der Waals surface area (Å²) in [4.78, 5) is 29.6. The van der Waals surface area contributed by atoms with Gasteiger partial charge in [0.2, 0.25) is 5.91 Å². The van der Waals surface area contributed by atoms with E-state index in [1.807, 2.05) is 55.5 Å². The van der Waals surface area contributed by atoms with Crippen molar-refractivity contribution in [2.24, 2.45) is 0 Å². The number of hydrogen-bond donors (Lipinski definition) is 3. The average molecular weight is 401 g/mol. The van der Waals surface area contributed by atoms with Gasteiger partial charge in [0.25, 0.3) is 5.91 Å². The summed E-state index contributed by atoms with van der Waals surface area (Å²) in [6.07, 6.45) is 0. The smallest absolute Gasteiger partial charge is 0.260 e. The molecule has 2 amide bonds. The van der Waals surface area contributed by atoms with E-state index < -0.39 is 6.04 Å². The van der Waals surface area contributed by atoms with Gasteiger partial charge in [-0.15, -0.1) is 11.8 Å². The van der Waals surface area contributed by atoms with Crippen LogP contribution in [0, 0.1) is 6.92 Å². The van der Waals surface area contributed by atoms with Crippen LogP contribution < -0.4 is 16.2 Å². The molecule has 8 heteroatoms. The molecule has 0 saturated carbocycles. The fraction of sp³-hybridized carbons (Fsp3) is 0.211. The van der Waals surface area contributed by atoms with Crippen molar-refractivity contribution >= 4 is 50.3 Å². The summed E-state index contributed by atoms with van der Waals surface area (Å²) in [5.74, 6) is -0.363. The highest BCUT2D eigenvalue weighted by Crippen LogP contribution is 2.25. The number of para-hydroxylation sites is 1. The number of amides is 2. The van der Waals surface area contributed by atoms with Crippen LogP contribution in [0.4, 0.5) is 5.13 Å². The number of carbonyl (C=O) groups is 2. The van der Waals surface area contributed by atoms with Gasteiger partial charge in [-0.3, -0.25) is 20.4 Å². The number of nitrogens with zero attached hydrogens (tertiary/aromatic N) is 1. The first-order chi connectivity index (χ1) is 13.0. The summed E-state index contributed by atoms with van der Waals surface area (Å²) in [6.45, 7) is 3.72. The topological polar surface area (TPSA) is 83.1 Å². The summed E-state index contributed by atoms with van der Waals surface area (Å²) < 4.78 is 1.05. The zero-order chi connectivity index (χ0) is 19.2. The van der Waals surface area contributed by atoms with Crippen molar-refractivity contribution in [1.29, 1.82) is 0 Å². The van der Waals surface area contributed by atoms with Crippen LogP contribution in [0.15, 0.2) is 53.4 Å². The fourth-order valence-corrected chi connectivity index (χ4v) is 4.10. The van der Waals surface area contributed by atoms with E-state index in [2.05, 4.69) is 21.2 Å². The molecule has 0 saturated heterocycles. The molecule has 3 N–H and O–H groups in total. The maximum Gasteiger partial charge on any atom is 0.260 e. The third-order valence-corrected chi connectivity index (χ3v) is 5.95. The van der Waals surface area contributed by atoms with E-state index in [-0.39, 0.29) is 17.6 Å². The summed E-state index contributed by atoms with van der Waals surface area (Å²) in [6, 6.07) is 15.1. The van der Waals surface area contributed by atoms with E-state index in [4.69, 9.17) is 0 Å². The normalized spacial score (nSPS) is 11.8. The molecule has 0 unspecified atom stereocenters. The monoisotopic (exact) mass is 400 g/mol. The molecule has 0 aliphatic rings. The zero-order valence-electron chi connectivity index (χ0n) is 15.0. The first-order valence-corrected chi connectivity index (χ1v) is 10.2. The molecule has 0 radical (unpaired) electrons. The standard InChI is InChI=1S/C19H20N4O2S2/c1-12-7-3-5-9-15(12)26-11-17(24)22-23-18(25)13(2)20-19-21-14-8-4-6-10-16(14)27-19/h3-10,13H,11H2,1-2H3,(H,20,21)(H,22,24)(H,23,25)/t13-/m1/s1. The van der Waals surface area contributed by atoms with Crippen LogP contribution in [0.5, 0.6) is 0 Å². The number of fused-ring (bicyclic) bond motifs is 1. The van der Waals surface area contributed by atoms with Crippen LogP contribution in [0.2, 0.25) is 0 Å². The zero-order valence-corrected chi connectivity index (χ0v) is 16.6. The predicted molar refractivity (Wildman–Crippen MR) is 111 cm³/mol. The number of carbonyl (C=O) groups excluding carboxylic acids is 2. The van der Waals surface area contributed by atoms with E-state index in [1.54, 1.807) is 6.92 Å². The summed E-state index contributed by atoms with van der Waals surface area (Å²) >= 11 is 2.91. The Balaban J connectivity index is 1.45. The molecule has 140 valence electrons. The molecule has 0 aliphatic carbocycles. The van der Waals surface area contributed by atoms with Crippen LogP contribution >= 0.6 is 23.1 Å². The number of hydrazine groups is 1. The van der Waals surface area contributed by atoms with Crippen molar-refractivity contribution in [1.82, 2.24) is 15.8 Å². The Kier molecular flexibility index (Phi) is 6.31. The molecule has 2 aromatic carbocycles. The molecule has 27 heavy (non-hydrogen) atoms. The van der Waals surface area contributed by atoms with Crippen molar-refractivity contribution in [3.63, 3.8) is 0 Å². The Morgan fingerprint density at radius 3 is 2.63 bits per heavy atom. The van der Waals surface area contributed by atoms with Crippen LogP contribution in [-0.2, 0) is 9.59 Å². The fourth-order valence-electron chi connectivity index (χ4n) is 2.32. The third kappa shape index (κ3) is 5.21. The minimum atomic E-state index is -0.533. The molecule has 0 spiro atoms. The maximum absolute atomic E-state index is 12.2. The van der Waals surface area contributed by atoms with Gasteiger partial charge in [0.15, 0.2) is 5.13 Å². The number of aromatic nitrogens is 1. The number of hydrogen-bond acceptors (Lipinski definition) is 6. The molecular formula is C19H20N4O2S2. The van der Waals surface area contributed by atoms with Gasteiger partial charge in [-0.25, -0.2) is 4.98 Å². The van der Waals surface area contributed by atoms with Gasteiger partial charge >= 0.3 is 0 Å². The summed E-state index contributed by atoms with van der Waals surface area (Å²) in [5.41, 5.74) is 6.91. The van der Waals surface area contributed by atoms with Crippen molar-refractivity contribution in [3.8, 4) is 0 Å². The lowest BCUT2D eigenvalue weighted by atomic mass is 10.2. The third-order valence-electron chi connectivity index (χ3n) is 3.80. The van der Waals surface area contributed by atoms with E-state index in [1.165, 1.54) is 23.1 Å². The predicted octanol–water partition coefficient (Wildman–Crippen LogP) is 3.34. The number of aryl methyl sites for hydroxylation is 1. The number of rotatable bonds is 6. The van der Waals surface area contributed by atoms with E-state index >= 15 is 0 Å². The molecule has 1 atom stereocenters. The minimum Gasteiger partial charge on any atom is -0.350 e. The first-order valence-electron chi connectivity index (χ1n) is 8.42. The highest BCUT2D eigenvalue weighted by atomic mass is 32.2. The average Bonchev–Trinajstić information content (AvgIpc) is 3.07. The molecule has 6 nitrogen and oxygen atoms in total. The Morgan fingerprint density at radius 1 is 1.11 bits per heavy atom. The molecule has 1 heterocycles. The van der Waals surface area contributed by atoms with Gasteiger partial charge in [0, 0.05) is 4.90 Å². The van der Waals surface area contributed by atoms with Crippen molar-refractivity contribution in [2.75, 3.05) is 11.1 Å². The molecule has 0 aliphatic heterocycles. The van der Waals surface area contributed by atoms with Crippen molar-refractivity contribution in [2.45, 2.75) is 24.8 Å². The molecule has 3 rings (SSSR count). The van der Waals surface area contributed by atoms with Crippen LogP contribution in [-0.4, -0.2) is 28.6 Å². The summed E-state index contributed by atoms with van der Waals surface area (Å²) in [7, 11) is 0. The van der Waals surface area contributed by atoms with Gasteiger partial charge < -0.3 is 5.32 Å². The van der Waals surface area contributed by atoms with Crippen LogP contribution in [0.1, 0.15) is 12.5 Å². The SMILES string of the molecule is Cc1ccccc1SCC(=O)NNC(=O)[C@@H](C)Nc1nc2ccccc2s1. The second-order valence-electron chi connectivity index (χ2n) is 5.94. The van der Waals surface area contributed by atoms with Crippen LogP contribution in [0.25, 0.3) is 10.2 Å². The highest BCUT2D eigenvalue weighted by molar-refractivity contribution is 8.00. The number of thioether (sulfide) groups is 1. The quantitative estimate of drug-likeness (QED) is 0.437. The second kappa shape index (κ2) is 8.88. The molecular weight excluding hydrogens is 380 g/mol. The Hall–Kier alpha value is -2.58. The molecule has 0 bridgehead atoms.